The summed E-state index contributed by atoms with van der Waals surface area (Å²) in [4.78, 5) is 38.3. The van der Waals surface area contributed by atoms with Gasteiger partial charge in [-0.3, -0.25) is 14.4 Å². The Kier molecular flexibility index (Phi) is 66.2. The predicted molar refractivity (Wildman–Crippen MR) is 353 cm³/mol. The van der Waals surface area contributed by atoms with Crippen molar-refractivity contribution in [2.24, 2.45) is 0 Å². The van der Waals surface area contributed by atoms with Gasteiger partial charge >= 0.3 is 17.9 Å². The zero-order valence-electron chi connectivity index (χ0n) is 53.8. The van der Waals surface area contributed by atoms with Crippen LogP contribution in [-0.2, 0) is 28.6 Å². The Hall–Kier alpha value is -3.41. The summed E-state index contributed by atoms with van der Waals surface area (Å²) in [6.45, 7) is 6.53. The van der Waals surface area contributed by atoms with Crippen LogP contribution >= 0.6 is 0 Å². The third-order valence-corrected chi connectivity index (χ3v) is 15.4. The van der Waals surface area contributed by atoms with Crippen LogP contribution in [0, 0.1) is 0 Å². The molecule has 0 saturated carbocycles. The molecule has 1 unspecified atom stereocenters. The van der Waals surface area contributed by atoms with Crippen LogP contribution < -0.4 is 0 Å². The molecular weight excluding hydrogens is 997 g/mol. The molecule has 0 bridgehead atoms. The molecular formula is C75H132O6. The quantitative estimate of drug-likeness (QED) is 0.0261. The number of allylic oxidation sites excluding steroid dienone is 14. The lowest BCUT2D eigenvalue weighted by molar-refractivity contribution is -0.167. The molecule has 0 amide bonds. The van der Waals surface area contributed by atoms with Crippen molar-refractivity contribution < 1.29 is 28.6 Å². The van der Waals surface area contributed by atoms with E-state index in [1.165, 1.54) is 212 Å². The van der Waals surface area contributed by atoms with E-state index in [0.717, 1.165) is 103 Å². The second-order valence-electron chi connectivity index (χ2n) is 23.4. The number of hydrogen-bond acceptors (Lipinski definition) is 6. The molecule has 0 radical (unpaired) electrons. The maximum atomic E-state index is 12.9. The number of carbonyl (C=O) groups excluding carboxylic acids is 3. The Morgan fingerprint density at radius 2 is 0.481 bits per heavy atom. The zero-order chi connectivity index (χ0) is 58.5. The Morgan fingerprint density at radius 1 is 0.259 bits per heavy atom. The molecule has 0 aliphatic rings. The summed E-state index contributed by atoms with van der Waals surface area (Å²) in [5, 5.41) is 0. The molecule has 81 heavy (non-hydrogen) atoms. The minimum atomic E-state index is -0.778. The zero-order valence-corrected chi connectivity index (χ0v) is 53.8. The number of hydrogen-bond donors (Lipinski definition) is 0. The summed E-state index contributed by atoms with van der Waals surface area (Å²) < 4.78 is 16.9. The molecule has 1 atom stereocenters. The monoisotopic (exact) mass is 1130 g/mol. The fraction of sp³-hybridized carbons (Fsp3) is 0.773. The Bertz CT molecular complexity index is 1530. The van der Waals surface area contributed by atoms with Gasteiger partial charge in [0.05, 0.1) is 0 Å². The van der Waals surface area contributed by atoms with Crippen molar-refractivity contribution in [1.82, 2.24) is 0 Å². The van der Waals surface area contributed by atoms with Crippen LogP contribution in [0.5, 0.6) is 0 Å². The SMILES string of the molecule is CC/C=C\C/C=C\C/C=C\C/C=C\CCCCCCCCCCC(=O)OC(COC(=O)CCCCCCCCCCC)COC(=O)CCCCCCCCCCCCCCCCCCCC/C=C\C/C=C\C/C=C\CCCCCCC. The topological polar surface area (TPSA) is 78.9 Å². The highest BCUT2D eigenvalue weighted by atomic mass is 16.6. The normalized spacial score (nSPS) is 12.6. The summed E-state index contributed by atoms with van der Waals surface area (Å²) >= 11 is 0. The van der Waals surface area contributed by atoms with E-state index in [0.29, 0.717) is 19.3 Å². The van der Waals surface area contributed by atoms with Gasteiger partial charge in [0, 0.05) is 19.3 Å². The Labute approximate surface area is 503 Å². The van der Waals surface area contributed by atoms with Crippen molar-refractivity contribution in [2.75, 3.05) is 13.2 Å². The summed E-state index contributed by atoms with van der Waals surface area (Å²) in [6.07, 6.45) is 92.0. The van der Waals surface area contributed by atoms with Crippen LogP contribution in [-0.4, -0.2) is 37.2 Å². The van der Waals surface area contributed by atoms with E-state index in [4.69, 9.17) is 14.2 Å². The van der Waals surface area contributed by atoms with Gasteiger partial charge in [0.2, 0.25) is 0 Å². The first kappa shape index (κ1) is 77.6. The van der Waals surface area contributed by atoms with Crippen LogP contribution in [0.25, 0.3) is 0 Å². The number of carbonyl (C=O) groups is 3. The lowest BCUT2D eigenvalue weighted by atomic mass is 10.0. The maximum Gasteiger partial charge on any atom is 0.306 e. The largest absolute Gasteiger partial charge is 0.462 e. The van der Waals surface area contributed by atoms with Gasteiger partial charge in [-0.05, 0) is 96.3 Å². The van der Waals surface area contributed by atoms with Crippen molar-refractivity contribution in [2.45, 2.75) is 361 Å². The summed E-state index contributed by atoms with van der Waals surface area (Å²) in [5.41, 5.74) is 0. The standard InChI is InChI=1S/C75H132O6/c1-4-7-10-13-16-19-21-23-25-27-29-31-32-33-34-35-36-37-38-39-40-41-42-44-45-47-49-51-53-56-59-62-65-68-74(77)80-71-72(70-79-73(76)67-64-61-58-55-18-15-12-9-6-3)81-75(78)69-66-63-60-57-54-52-50-48-46-43-30-28-26-24-22-20-17-14-11-8-5-2/h8,11,17,20-21,23-24,26-27,29-30,32-33,43,72H,4-7,9-10,12-16,18-19,22,25,28,31,34-42,44-71H2,1-3H3/b11-8-,20-17-,23-21-,26-24-,29-27-,33-32-,43-30-. The van der Waals surface area contributed by atoms with E-state index in [1.54, 1.807) is 0 Å². The van der Waals surface area contributed by atoms with Crippen LogP contribution in [0.15, 0.2) is 85.1 Å². The highest BCUT2D eigenvalue weighted by Crippen LogP contribution is 2.17. The molecule has 0 saturated heterocycles. The number of ether oxygens (including phenoxy) is 3. The predicted octanol–water partition coefficient (Wildman–Crippen LogP) is 24.2. The van der Waals surface area contributed by atoms with E-state index in [2.05, 4.69) is 106 Å². The van der Waals surface area contributed by atoms with Gasteiger partial charge in [0.1, 0.15) is 13.2 Å². The minimum Gasteiger partial charge on any atom is -0.462 e. The molecule has 0 fully saturated rings. The van der Waals surface area contributed by atoms with Crippen LogP contribution in [0.1, 0.15) is 355 Å². The van der Waals surface area contributed by atoms with Gasteiger partial charge in [0.15, 0.2) is 6.10 Å². The Balaban J connectivity index is 4.10. The molecule has 0 aromatic rings. The molecule has 468 valence electrons. The van der Waals surface area contributed by atoms with Gasteiger partial charge in [0.25, 0.3) is 0 Å². The lowest BCUT2D eigenvalue weighted by Gasteiger charge is -2.18. The number of rotatable bonds is 64. The molecule has 0 aromatic heterocycles. The molecule has 0 rings (SSSR count). The molecule has 0 aliphatic carbocycles. The summed E-state index contributed by atoms with van der Waals surface area (Å²) in [5.74, 6) is -0.870. The van der Waals surface area contributed by atoms with E-state index in [-0.39, 0.29) is 31.1 Å². The van der Waals surface area contributed by atoms with Crippen molar-refractivity contribution in [3.63, 3.8) is 0 Å². The van der Waals surface area contributed by atoms with Crippen LogP contribution in [0.3, 0.4) is 0 Å². The molecule has 0 spiro atoms. The smallest absolute Gasteiger partial charge is 0.306 e. The van der Waals surface area contributed by atoms with Gasteiger partial charge in [-0.2, -0.15) is 0 Å². The first-order chi connectivity index (χ1) is 40.0. The Morgan fingerprint density at radius 3 is 0.753 bits per heavy atom. The molecule has 0 aliphatic heterocycles. The first-order valence-corrected chi connectivity index (χ1v) is 35.1. The van der Waals surface area contributed by atoms with Gasteiger partial charge in [-0.15, -0.1) is 0 Å². The molecule has 0 heterocycles. The van der Waals surface area contributed by atoms with Crippen molar-refractivity contribution >= 4 is 17.9 Å². The highest BCUT2D eigenvalue weighted by Gasteiger charge is 2.19. The average molecular weight is 1130 g/mol. The van der Waals surface area contributed by atoms with E-state index >= 15 is 0 Å². The summed E-state index contributed by atoms with van der Waals surface area (Å²) in [6, 6.07) is 0. The number of unbranched alkanes of at least 4 members (excludes halogenated alkanes) is 39. The van der Waals surface area contributed by atoms with Crippen LogP contribution in [0.2, 0.25) is 0 Å². The molecule has 6 nitrogen and oxygen atoms in total. The van der Waals surface area contributed by atoms with Gasteiger partial charge in [-0.25, -0.2) is 0 Å². The summed E-state index contributed by atoms with van der Waals surface area (Å²) in [7, 11) is 0. The van der Waals surface area contributed by atoms with E-state index in [1.807, 2.05) is 0 Å². The molecule has 0 aromatic carbocycles. The van der Waals surface area contributed by atoms with E-state index in [9.17, 15) is 14.4 Å². The third-order valence-electron chi connectivity index (χ3n) is 15.4. The van der Waals surface area contributed by atoms with Gasteiger partial charge in [-0.1, -0.05) is 324 Å². The fourth-order valence-corrected chi connectivity index (χ4v) is 10.2. The fourth-order valence-electron chi connectivity index (χ4n) is 10.2. The third kappa shape index (κ3) is 67.3. The maximum absolute atomic E-state index is 12.9. The van der Waals surface area contributed by atoms with Crippen molar-refractivity contribution in [1.29, 1.82) is 0 Å². The number of esters is 3. The minimum absolute atomic E-state index is 0.0757. The second kappa shape index (κ2) is 69.1. The van der Waals surface area contributed by atoms with Crippen molar-refractivity contribution in [3.8, 4) is 0 Å². The lowest BCUT2D eigenvalue weighted by Crippen LogP contribution is -2.30. The van der Waals surface area contributed by atoms with Crippen molar-refractivity contribution in [3.05, 3.63) is 85.1 Å². The van der Waals surface area contributed by atoms with Crippen LogP contribution in [0.4, 0.5) is 0 Å². The first-order valence-electron chi connectivity index (χ1n) is 35.1. The van der Waals surface area contributed by atoms with E-state index < -0.39 is 6.10 Å². The molecule has 6 heteroatoms. The highest BCUT2D eigenvalue weighted by molar-refractivity contribution is 5.71. The second-order valence-corrected chi connectivity index (χ2v) is 23.4. The average Bonchev–Trinajstić information content (AvgIpc) is 3.47. The molecule has 0 N–H and O–H groups in total. The van der Waals surface area contributed by atoms with Gasteiger partial charge < -0.3 is 14.2 Å².